The van der Waals surface area contributed by atoms with Crippen molar-refractivity contribution in [2.45, 2.75) is 50.7 Å². The third kappa shape index (κ3) is 5.11. The van der Waals surface area contributed by atoms with E-state index in [-0.39, 0.29) is 16.8 Å². The van der Waals surface area contributed by atoms with Crippen LogP contribution in [0, 0.1) is 0 Å². The van der Waals surface area contributed by atoms with Gasteiger partial charge in [-0.15, -0.1) is 0 Å². The van der Waals surface area contributed by atoms with Crippen molar-refractivity contribution in [3.05, 3.63) is 17.9 Å². The van der Waals surface area contributed by atoms with Gasteiger partial charge in [-0.25, -0.2) is 13.2 Å². The lowest BCUT2D eigenvalue weighted by atomic mass is 10.2. The monoisotopic (exact) mass is 427 g/mol. The second kappa shape index (κ2) is 8.35. The molecule has 0 atom stereocenters. The van der Waals surface area contributed by atoms with Crippen molar-refractivity contribution in [3.8, 4) is 0 Å². The molecule has 0 aliphatic carbocycles. The van der Waals surface area contributed by atoms with Crippen LogP contribution in [0.25, 0.3) is 0 Å². The molecule has 162 valence electrons. The molecule has 3 heterocycles. The highest BCUT2D eigenvalue weighted by molar-refractivity contribution is 7.89. The number of ether oxygens (including phenoxy) is 1. The maximum absolute atomic E-state index is 12.7. The molecule has 0 unspecified atom stereocenters. The Bertz CT molecular complexity index is 844. The summed E-state index contributed by atoms with van der Waals surface area (Å²) in [5.74, 6) is -0.389. The first kappa shape index (κ1) is 21.6. The second-order valence-electron chi connectivity index (χ2n) is 8.34. The topological polar surface area (TPSA) is 100 Å². The number of carbonyl (C=O) groups is 2. The van der Waals surface area contributed by atoms with E-state index in [1.807, 2.05) is 0 Å². The van der Waals surface area contributed by atoms with E-state index in [0.717, 1.165) is 19.3 Å². The second-order valence-corrected chi connectivity index (χ2v) is 10.2. The number of hydrogen-bond donors (Lipinski definition) is 0. The fraction of sp³-hybridized carbons (Fsp3) is 0.684. The third-order valence-corrected chi connectivity index (χ3v) is 6.69. The summed E-state index contributed by atoms with van der Waals surface area (Å²) in [7, 11) is -3.72. The average molecular weight is 428 g/mol. The average Bonchev–Trinajstić information content (AvgIpc) is 3.18. The highest BCUT2D eigenvalue weighted by Gasteiger charge is 2.32. The summed E-state index contributed by atoms with van der Waals surface area (Å²) in [4.78, 5) is 28.0. The number of carbonyl (C=O) groups excluding carboxylic acids is 2. The Kier molecular flexibility index (Phi) is 6.23. The molecule has 0 spiro atoms. The molecular formula is C19H29N3O6S. The summed E-state index contributed by atoms with van der Waals surface area (Å²) >= 11 is 0. The van der Waals surface area contributed by atoms with Gasteiger partial charge in [-0.1, -0.05) is 6.42 Å². The van der Waals surface area contributed by atoms with E-state index in [2.05, 4.69) is 0 Å². The third-order valence-electron chi connectivity index (χ3n) is 4.92. The van der Waals surface area contributed by atoms with Gasteiger partial charge in [-0.05, 0) is 45.7 Å². The van der Waals surface area contributed by atoms with Crippen LogP contribution in [-0.2, 0) is 14.8 Å². The molecule has 2 aliphatic rings. The van der Waals surface area contributed by atoms with Crippen LogP contribution < -0.4 is 0 Å². The van der Waals surface area contributed by atoms with E-state index >= 15 is 0 Å². The van der Waals surface area contributed by atoms with E-state index in [1.165, 1.54) is 16.4 Å². The van der Waals surface area contributed by atoms with Gasteiger partial charge in [-0.2, -0.15) is 4.31 Å². The summed E-state index contributed by atoms with van der Waals surface area (Å²) in [6.45, 7) is 7.70. The standard InChI is InChI=1S/C19H29N3O6S/c1-19(2,3)28-18(24)21-13-11-20(12-14-21)17(23)15-7-8-16(27-15)29(25,26)22-9-5-4-6-10-22/h7-8H,4-6,9-14H2,1-3H3. The van der Waals surface area contributed by atoms with Crippen molar-refractivity contribution >= 4 is 22.0 Å². The molecule has 10 heteroatoms. The van der Waals surface area contributed by atoms with E-state index in [4.69, 9.17) is 9.15 Å². The first-order valence-electron chi connectivity index (χ1n) is 9.95. The predicted molar refractivity (Wildman–Crippen MR) is 105 cm³/mol. The van der Waals surface area contributed by atoms with Crippen LogP contribution in [0.5, 0.6) is 0 Å². The van der Waals surface area contributed by atoms with E-state index in [0.29, 0.717) is 39.3 Å². The molecule has 2 fully saturated rings. The van der Waals surface area contributed by atoms with Crippen molar-refractivity contribution in [2.24, 2.45) is 0 Å². The number of hydrogen-bond acceptors (Lipinski definition) is 6. The highest BCUT2D eigenvalue weighted by Crippen LogP contribution is 2.23. The molecule has 0 saturated carbocycles. The molecule has 0 aromatic carbocycles. The minimum Gasteiger partial charge on any atom is -0.444 e. The predicted octanol–water partition coefficient (Wildman–Crippen LogP) is 2.15. The zero-order valence-electron chi connectivity index (χ0n) is 17.2. The molecule has 29 heavy (non-hydrogen) atoms. The molecule has 0 bridgehead atoms. The van der Waals surface area contributed by atoms with Crippen molar-refractivity contribution < 1.29 is 27.2 Å². The SMILES string of the molecule is CC(C)(C)OC(=O)N1CCN(C(=O)c2ccc(S(=O)(=O)N3CCCCC3)o2)CC1. The van der Waals surface area contributed by atoms with Gasteiger partial charge in [-0.3, -0.25) is 4.79 Å². The molecule has 3 rings (SSSR count). The lowest BCUT2D eigenvalue weighted by molar-refractivity contribution is 0.0136. The molecule has 0 N–H and O–H groups in total. The summed E-state index contributed by atoms with van der Waals surface area (Å²) in [5.41, 5.74) is -0.575. The zero-order chi connectivity index (χ0) is 21.2. The van der Waals surface area contributed by atoms with Gasteiger partial charge in [0, 0.05) is 39.3 Å². The summed E-state index contributed by atoms with van der Waals surface area (Å²) in [6, 6.07) is 2.74. The first-order valence-corrected chi connectivity index (χ1v) is 11.4. The lowest BCUT2D eigenvalue weighted by Crippen LogP contribution is -2.51. The largest absolute Gasteiger partial charge is 0.444 e. The van der Waals surface area contributed by atoms with Crippen LogP contribution in [-0.4, -0.2) is 79.4 Å². The van der Waals surface area contributed by atoms with Gasteiger partial charge < -0.3 is 19.0 Å². The smallest absolute Gasteiger partial charge is 0.410 e. The minimum absolute atomic E-state index is 0.00805. The Labute approximate surface area is 171 Å². The number of rotatable bonds is 3. The maximum Gasteiger partial charge on any atom is 0.410 e. The normalized spacial score (nSPS) is 19.3. The summed E-state index contributed by atoms with van der Waals surface area (Å²) in [5, 5.41) is -0.199. The number of piperidine rings is 1. The maximum atomic E-state index is 12.7. The van der Waals surface area contributed by atoms with Crippen LogP contribution in [0.1, 0.15) is 50.6 Å². The van der Waals surface area contributed by atoms with Gasteiger partial charge >= 0.3 is 6.09 Å². The first-order chi connectivity index (χ1) is 13.6. The summed E-state index contributed by atoms with van der Waals surface area (Å²) < 4.78 is 37.5. The fourth-order valence-corrected chi connectivity index (χ4v) is 4.81. The molecule has 9 nitrogen and oxygen atoms in total. The van der Waals surface area contributed by atoms with Gasteiger partial charge in [0.15, 0.2) is 5.76 Å². The Balaban J connectivity index is 1.60. The fourth-order valence-electron chi connectivity index (χ4n) is 3.38. The van der Waals surface area contributed by atoms with Crippen LogP contribution in [0.3, 0.4) is 0 Å². The Hall–Kier alpha value is -2.07. The van der Waals surface area contributed by atoms with E-state index < -0.39 is 21.7 Å². The highest BCUT2D eigenvalue weighted by atomic mass is 32.2. The van der Waals surface area contributed by atoms with Crippen molar-refractivity contribution in [3.63, 3.8) is 0 Å². The Morgan fingerprint density at radius 2 is 1.52 bits per heavy atom. The van der Waals surface area contributed by atoms with Gasteiger partial charge in [0.2, 0.25) is 5.09 Å². The Morgan fingerprint density at radius 3 is 2.10 bits per heavy atom. The van der Waals surface area contributed by atoms with Crippen LogP contribution >= 0.6 is 0 Å². The zero-order valence-corrected chi connectivity index (χ0v) is 18.0. The van der Waals surface area contributed by atoms with Crippen molar-refractivity contribution in [1.82, 2.24) is 14.1 Å². The number of piperazine rings is 1. The number of nitrogens with zero attached hydrogens (tertiary/aromatic N) is 3. The molecule has 0 radical (unpaired) electrons. The molecular weight excluding hydrogens is 398 g/mol. The van der Waals surface area contributed by atoms with Gasteiger partial charge in [0.05, 0.1) is 0 Å². The molecule has 1 aromatic heterocycles. The molecule has 2 aliphatic heterocycles. The minimum atomic E-state index is -3.72. The Morgan fingerprint density at radius 1 is 0.931 bits per heavy atom. The quantitative estimate of drug-likeness (QED) is 0.733. The number of amides is 2. The van der Waals surface area contributed by atoms with Gasteiger partial charge in [0.1, 0.15) is 5.60 Å². The number of sulfonamides is 1. The van der Waals surface area contributed by atoms with Crippen molar-refractivity contribution in [2.75, 3.05) is 39.3 Å². The van der Waals surface area contributed by atoms with Crippen molar-refractivity contribution in [1.29, 1.82) is 0 Å². The summed E-state index contributed by atoms with van der Waals surface area (Å²) in [6.07, 6.45) is 2.27. The molecule has 1 aromatic rings. The van der Waals surface area contributed by atoms with E-state index in [9.17, 15) is 18.0 Å². The molecule has 2 saturated heterocycles. The van der Waals surface area contributed by atoms with E-state index in [1.54, 1.807) is 30.6 Å². The van der Waals surface area contributed by atoms with Gasteiger partial charge in [0.25, 0.3) is 15.9 Å². The number of furan rings is 1. The van der Waals surface area contributed by atoms with Crippen LogP contribution in [0.15, 0.2) is 21.6 Å². The van der Waals surface area contributed by atoms with Crippen LogP contribution in [0.2, 0.25) is 0 Å². The lowest BCUT2D eigenvalue weighted by Gasteiger charge is -2.35. The van der Waals surface area contributed by atoms with Crippen LogP contribution in [0.4, 0.5) is 4.79 Å². The molecule has 2 amide bonds.